The predicted molar refractivity (Wildman–Crippen MR) is 75.9 cm³/mol. The van der Waals surface area contributed by atoms with Gasteiger partial charge < -0.3 is 4.74 Å². The second-order valence-electron chi connectivity index (χ2n) is 3.82. The van der Waals surface area contributed by atoms with Gasteiger partial charge in [-0.2, -0.15) is 0 Å². The van der Waals surface area contributed by atoms with Gasteiger partial charge in [-0.3, -0.25) is 4.79 Å². The lowest BCUT2D eigenvalue weighted by Gasteiger charge is -2.15. The van der Waals surface area contributed by atoms with E-state index in [-0.39, 0.29) is 12.0 Å². The van der Waals surface area contributed by atoms with E-state index in [1.807, 2.05) is 31.2 Å². The van der Waals surface area contributed by atoms with Crippen LogP contribution in [0.2, 0.25) is 0 Å². The Morgan fingerprint density at radius 2 is 2.11 bits per heavy atom. The summed E-state index contributed by atoms with van der Waals surface area (Å²) in [6.07, 6.45) is 0.555. The third-order valence-corrected chi connectivity index (χ3v) is 3.44. The lowest BCUT2D eigenvalue weighted by molar-refractivity contribution is -0.145. The van der Waals surface area contributed by atoms with Crippen molar-refractivity contribution >= 4 is 29.5 Å². The second-order valence-corrected chi connectivity index (χ2v) is 5.10. The van der Waals surface area contributed by atoms with Crippen LogP contribution in [0.25, 0.3) is 0 Å². The maximum absolute atomic E-state index is 11.7. The number of aryl methyl sites for hydroxylation is 1. The number of rotatable bonds is 7. The van der Waals surface area contributed by atoms with Crippen LogP contribution in [0.4, 0.5) is 0 Å². The molecule has 0 bridgehead atoms. The minimum absolute atomic E-state index is 0.252. The third-order valence-electron chi connectivity index (χ3n) is 2.31. The number of carbonyl (C=O) groups excluding carboxylic acids is 1. The summed E-state index contributed by atoms with van der Waals surface area (Å²) in [5.41, 5.74) is 1.21. The summed E-state index contributed by atoms with van der Waals surface area (Å²) < 4.78 is 8.09. The van der Waals surface area contributed by atoms with Crippen LogP contribution in [-0.2, 0) is 9.53 Å². The number of hydrogen-bond acceptors (Lipinski definition) is 4. The summed E-state index contributed by atoms with van der Waals surface area (Å²) in [5.74, 6) is 0.169. The molecule has 3 nitrogen and oxygen atoms in total. The van der Waals surface area contributed by atoms with E-state index in [1.54, 1.807) is 6.92 Å². The van der Waals surface area contributed by atoms with Gasteiger partial charge in [0, 0.05) is 10.8 Å². The molecule has 1 N–H and O–H groups in total. The molecule has 1 atom stereocenters. The predicted octanol–water partition coefficient (Wildman–Crippen LogP) is 3.15. The van der Waals surface area contributed by atoms with Gasteiger partial charge in [-0.15, -0.1) is 11.6 Å². The number of hydrogen-bond donors (Lipinski definition) is 1. The smallest absolute Gasteiger partial charge is 0.324 e. The number of halogens is 1. The fraction of sp³-hybridized carbons (Fsp3) is 0.462. The average Bonchev–Trinajstić information content (AvgIpc) is 2.36. The maximum atomic E-state index is 11.7. The van der Waals surface area contributed by atoms with E-state index in [4.69, 9.17) is 16.3 Å². The molecule has 1 unspecified atom stereocenters. The minimum atomic E-state index is -0.367. The molecule has 0 saturated carbocycles. The molecule has 0 heterocycles. The molecule has 0 radical (unpaired) electrons. The zero-order valence-electron chi connectivity index (χ0n) is 10.6. The van der Waals surface area contributed by atoms with Crippen LogP contribution in [0.3, 0.4) is 0 Å². The lowest BCUT2D eigenvalue weighted by atomic mass is 10.2. The summed E-state index contributed by atoms with van der Waals surface area (Å²) in [6, 6.07) is 7.72. The van der Waals surface area contributed by atoms with Gasteiger partial charge in [-0.05, 0) is 44.3 Å². The Bertz CT molecular complexity index is 370. The Labute approximate surface area is 117 Å². The highest BCUT2D eigenvalue weighted by atomic mass is 35.5. The lowest BCUT2D eigenvalue weighted by Crippen LogP contribution is -2.34. The first-order chi connectivity index (χ1) is 8.67. The molecule has 0 saturated heterocycles. The van der Waals surface area contributed by atoms with E-state index in [0.29, 0.717) is 18.9 Å². The molecule has 1 aromatic carbocycles. The minimum Gasteiger partial charge on any atom is -0.465 e. The first-order valence-corrected chi connectivity index (χ1v) is 7.24. The van der Waals surface area contributed by atoms with Gasteiger partial charge in [0.15, 0.2) is 0 Å². The molecule has 0 spiro atoms. The third kappa shape index (κ3) is 5.29. The number of benzene rings is 1. The fourth-order valence-corrected chi connectivity index (χ4v) is 2.31. The van der Waals surface area contributed by atoms with Crippen LogP contribution in [0.5, 0.6) is 0 Å². The van der Waals surface area contributed by atoms with E-state index >= 15 is 0 Å². The van der Waals surface area contributed by atoms with Crippen molar-refractivity contribution in [2.24, 2.45) is 0 Å². The van der Waals surface area contributed by atoms with Gasteiger partial charge in [0.05, 0.1) is 6.61 Å². The maximum Gasteiger partial charge on any atom is 0.324 e. The molecule has 0 amide bonds. The summed E-state index contributed by atoms with van der Waals surface area (Å²) in [6.45, 7) is 4.22. The Morgan fingerprint density at radius 1 is 1.44 bits per heavy atom. The first kappa shape index (κ1) is 15.3. The van der Waals surface area contributed by atoms with E-state index in [1.165, 1.54) is 17.5 Å². The molecule has 0 aliphatic carbocycles. The average molecular weight is 288 g/mol. The van der Waals surface area contributed by atoms with Crippen LogP contribution in [-0.4, -0.2) is 24.5 Å². The highest BCUT2D eigenvalue weighted by Gasteiger charge is 2.18. The van der Waals surface area contributed by atoms with Gasteiger partial charge >= 0.3 is 5.97 Å². The standard InChI is InChI=1S/C13H18ClNO2S/c1-3-17-13(16)12(8-9-14)15-18-11-6-4-10(2)5-7-11/h4-7,12,15H,3,8-9H2,1-2H3. The molecular weight excluding hydrogens is 270 g/mol. The second kappa shape index (κ2) is 8.40. The Kier molecular flexibility index (Phi) is 7.16. The van der Waals surface area contributed by atoms with Crippen molar-refractivity contribution in [3.05, 3.63) is 29.8 Å². The van der Waals surface area contributed by atoms with Gasteiger partial charge in [-0.25, -0.2) is 4.72 Å². The largest absolute Gasteiger partial charge is 0.465 e. The highest BCUT2D eigenvalue weighted by molar-refractivity contribution is 7.97. The van der Waals surface area contributed by atoms with Crippen molar-refractivity contribution < 1.29 is 9.53 Å². The van der Waals surface area contributed by atoms with Crippen LogP contribution < -0.4 is 4.72 Å². The van der Waals surface area contributed by atoms with Crippen LogP contribution in [0.1, 0.15) is 18.9 Å². The Hall–Kier alpha value is -0.710. The zero-order chi connectivity index (χ0) is 13.4. The van der Waals surface area contributed by atoms with Crippen molar-refractivity contribution in [1.29, 1.82) is 0 Å². The van der Waals surface area contributed by atoms with Crippen molar-refractivity contribution in [3.63, 3.8) is 0 Å². The molecule has 100 valence electrons. The monoisotopic (exact) mass is 287 g/mol. The number of nitrogens with one attached hydrogen (secondary N) is 1. The normalized spacial score (nSPS) is 12.2. The molecule has 0 aromatic heterocycles. The van der Waals surface area contributed by atoms with Gasteiger partial charge in [-0.1, -0.05) is 17.7 Å². The number of alkyl halides is 1. The fourth-order valence-electron chi connectivity index (χ4n) is 1.32. The van der Waals surface area contributed by atoms with Crippen LogP contribution >= 0.6 is 23.5 Å². The van der Waals surface area contributed by atoms with E-state index < -0.39 is 0 Å². The van der Waals surface area contributed by atoms with E-state index in [0.717, 1.165) is 4.90 Å². The quantitative estimate of drug-likeness (QED) is 0.475. The van der Waals surface area contributed by atoms with Crippen molar-refractivity contribution in [3.8, 4) is 0 Å². The molecule has 5 heteroatoms. The highest BCUT2D eigenvalue weighted by Crippen LogP contribution is 2.16. The molecular formula is C13H18ClNO2S. The summed E-state index contributed by atoms with van der Waals surface area (Å²) in [5, 5.41) is 0. The Balaban J connectivity index is 2.51. The van der Waals surface area contributed by atoms with Crippen molar-refractivity contribution in [2.75, 3.05) is 12.5 Å². The molecule has 0 aliphatic rings. The topological polar surface area (TPSA) is 38.3 Å². The molecule has 18 heavy (non-hydrogen) atoms. The van der Waals surface area contributed by atoms with Crippen LogP contribution in [0.15, 0.2) is 29.2 Å². The van der Waals surface area contributed by atoms with Crippen molar-refractivity contribution in [2.45, 2.75) is 31.2 Å². The summed E-state index contributed by atoms with van der Waals surface area (Å²) in [7, 11) is 0. The van der Waals surface area contributed by atoms with Crippen LogP contribution in [0, 0.1) is 6.92 Å². The Morgan fingerprint density at radius 3 is 2.67 bits per heavy atom. The SMILES string of the molecule is CCOC(=O)C(CCCl)NSc1ccc(C)cc1. The molecule has 0 aliphatic heterocycles. The first-order valence-electron chi connectivity index (χ1n) is 5.89. The van der Waals surface area contributed by atoms with Gasteiger partial charge in [0.25, 0.3) is 0 Å². The zero-order valence-corrected chi connectivity index (χ0v) is 12.2. The molecule has 0 fully saturated rings. The van der Waals surface area contributed by atoms with Crippen molar-refractivity contribution in [1.82, 2.24) is 4.72 Å². The van der Waals surface area contributed by atoms with Gasteiger partial charge in [0.2, 0.25) is 0 Å². The number of ether oxygens (including phenoxy) is 1. The summed E-state index contributed by atoms with van der Waals surface area (Å²) >= 11 is 7.11. The van der Waals surface area contributed by atoms with Gasteiger partial charge in [0.1, 0.15) is 6.04 Å². The summed E-state index contributed by atoms with van der Waals surface area (Å²) in [4.78, 5) is 12.7. The number of esters is 1. The number of carbonyl (C=O) groups is 1. The van der Waals surface area contributed by atoms with E-state index in [2.05, 4.69) is 4.72 Å². The van der Waals surface area contributed by atoms with E-state index in [9.17, 15) is 4.79 Å². The molecule has 1 aromatic rings. The molecule has 1 rings (SSSR count).